The van der Waals surface area contributed by atoms with E-state index in [1.165, 1.54) is 6.07 Å². The summed E-state index contributed by atoms with van der Waals surface area (Å²) in [6.07, 6.45) is 1.61. The summed E-state index contributed by atoms with van der Waals surface area (Å²) in [5.41, 5.74) is 1.22. The van der Waals surface area contributed by atoms with Gasteiger partial charge in [-0.3, -0.25) is 0 Å². The average molecular weight is 287 g/mol. The molecule has 15 heavy (non-hydrogen) atoms. The van der Waals surface area contributed by atoms with Crippen molar-refractivity contribution in [3.63, 3.8) is 0 Å². The van der Waals surface area contributed by atoms with Crippen molar-refractivity contribution in [1.29, 1.82) is 0 Å². The van der Waals surface area contributed by atoms with E-state index in [0.717, 1.165) is 5.56 Å². The van der Waals surface area contributed by atoms with Gasteiger partial charge in [0.1, 0.15) is 10.4 Å². The van der Waals surface area contributed by atoms with Gasteiger partial charge in [-0.2, -0.15) is 0 Å². The molecule has 0 radical (unpaired) electrons. The number of hydrogen-bond acceptors (Lipinski definition) is 1. The molecule has 0 spiro atoms. The van der Waals surface area contributed by atoms with Crippen LogP contribution < -0.4 is 0 Å². The van der Waals surface area contributed by atoms with Gasteiger partial charge in [-0.1, -0.05) is 23.7 Å². The van der Waals surface area contributed by atoms with Gasteiger partial charge in [0.05, 0.1) is 5.02 Å². The molecule has 0 N–H and O–H groups in total. The Morgan fingerprint density at radius 3 is 2.80 bits per heavy atom. The monoisotopic (exact) mass is 285 g/mol. The van der Waals surface area contributed by atoms with E-state index >= 15 is 0 Å². The van der Waals surface area contributed by atoms with Crippen LogP contribution in [0.2, 0.25) is 5.02 Å². The summed E-state index contributed by atoms with van der Waals surface area (Å²) in [6, 6.07) is 8.41. The Balaban J connectivity index is 2.59. The highest BCUT2D eigenvalue weighted by atomic mass is 79.9. The number of nitrogens with zero attached hydrogens (tertiary/aromatic N) is 1. The Bertz CT molecular complexity index is 502. The second-order valence-electron chi connectivity index (χ2n) is 2.97. The maximum absolute atomic E-state index is 13.7. The Morgan fingerprint density at radius 2 is 2.07 bits per heavy atom. The number of halogens is 3. The minimum absolute atomic E-state index is 0.125. The molecule has 0 saturated carbocycles. The van der Waals surface area contributed by atoms with Crippen LogP contribution in [0.4, 0.5) is 4.39 Å². The van der Waals surface area contributed by atoms with E-state index in [9.17, 15) is 4.39 Å². The number of rotatable bonds is 1. The second kappa shape index (κ2) is 4.29. The molecule has 0 saturated heterocycles. The highest BCUT2D eigenvalue weighted by Crippen LogP contribution is 2.28. The Kier molecular flexibility index (Phi) is 3.03. The molecule has 2 aromatic rings. The summed E-state index contributed by atoms with van der Waals surface area (Å²) in [5.74, 6) is -0.405. The van der Waals surface area contributed by atoms with Crippen molar-refractivity contribution in [3.8, 4) is 11.1 Å². The van der Waals surface area contributed by atoms with Crippen molar-refractivity contribution < 1.29 is 4.39 Å². The van der Waals surface area contributed by atoms with Gasteiger partial charge in [0.2, 0.25) is 0 Å². The van der Waals surface area contributed by atoms with Crippen LogP contribution in [-0.4, -0.2) is 4.98 Å². The molecule has 0 amide bonds. The molecule has 1 heterocycles. The fourth-order valence-electron chi connectivity index (χ4n) is 1.30. The molecule has 0 aliphatic rings. The minimum Gasteiger partial charge on any atom is -0.249 e. The van der Waals surface area contributed by atoms with E-state index in [2.05, 4.69) is 20.9 Å². The zero-order valence-electron chi connectivity index (χ0n) is 7.55. The van der Waals surface area contributed by atoms with Crippen molar-refractivity contribution in [2.24, 2.45) is 0 Å². The third-order valence-corrected chi connectivity index (χ3v) is 2.71. The SMILES string of the molecule is Fc1c(Cl)cccc1-c1ccnc(Br)c1. The summed E-state index contributed by atoms with van der Waals surface area (Å²) >= 11 is 8.94. The molecule has 76 valence electrons. The van der Waals surface area contributed by atoms with Crippen LogP contribution >= 0.6 is 27.5 Å². The van der Waals surface area contributed by atoms with E-state index in [1.54, 1.807) is 30.5 Å². The Labute approximate surface area is 100 Å². The third kappa shape index (κ3) is 2.19. The average Bonchev–Trinajstić information content (AvgIpc) is 2.22. The molecule has 0 aliphatic carbocycles. The van der Waals surface area contributed by atoms with Gasteiger partial charge in [0.25, 0.3) is 0 Å². The molecule has 0 aliphatic heterocycles. The first-order valence-electron chi connectivity index (χ1n) is 4.24. The van der Waals surface area contributed by atoms with E-state index in [0.29, 0.717) is 10.2 Å². The maximum atomic E-state index is 13.7. The number of benzene rings is 1. The van der Waals surface area contributed by atoms with Crippen molar-refractivity contribution in [2.75, 3.05) is 0 Å². The Hall–Kier alpha value is -0.930. The van der Waals surface area contributed by atoms with Gasteiger partial charge in [-0.25, -0.2) is 9.37 Å². The van der Waals surface area contributed by atoms with Crippen LogP contribution in [0.3, 0.4) is 0 Å². The van der Waals surface area contributed by atoms with Crippen LogP contribution in [0.15, 0.2) is 41.1 Å². The number of hydrogen-bond donors (Lipinski definition) is 0. The molecule has 0 fully saturated rings. The predicted molar refractivity (Wildman–Crippen MR) is 62.3 cm³/mol. The summed E-state index contributed by atoms with van der Waals surface area (Å²) in [5, 5.41) is 0.125. The summed E-state index contributed by atoms with van der Waals surface area (Å²) in [4.78, 5) is 3.98. The van der Waals surface area contributed by atoms with Crippen LogP contribution in [-0.2, 0) is 0 Å². The number of aromatic nitrogens is 1. The van der Waals surface area contributed by atoms with Crippen molar-refractivity contribution in [2.45, 2.75) is 0 Å². The van der Waals surface area contributed by atoms with E-state index in [4.69, 9.17) is 11.6 Å². The predicted octanol–water partition coefficient (Wildman–Crippen LogP) is 4.30. The lowest BCUT2D eigenvalue weighted by Crippen LogP contribution is -1.86. The largest absolute Gasteiger partial charge is 0.249 e. The summed E-state index contributed by atoms with van der Waals surface area (Å²) in [6.45, 7) is 0. The fraction of sp³-hybridized carbons (Fsp3) is 0. The first-order chi connectivity index (χ1) is 7.18. The molecular weight excluding hydrogens is 280 g/mol. The standard InChI is InChI=1S/C11H6BrClFN/c12-10-6-7(4-5-15-10)8-2-1-3-9(13)11(8)14/h1-6H. The lowest BCUT2D eigenvalue weighted by atomic mass is 10.1. The zero-order chi connectivity index (χ0) is 10.8. The van der Waals surface area contributed by atoms with Crippen LogP contribution in [0, 0.1) is 5.82 Å². The molecule has 1 aromatic heterocycles. The molecule has 0 atom stereocenters. The lowest BCUT2D eigenvalue weighted by Gasteiger charge is -2.04. The topological polar surface area (TPSA) is 12.9 Å². The van der Waals surface area contributed by atoms with Gasteiger partial charge in [0.15, 0.2) is 0 Å². The van der Waals surface area contributed by atoms with Gasteiger partial charge < -0.3 is 0 Å². The van der Waals surface area contributed by atoms with Crippen molar-refractivity contribution in [3.05, 3.63) is 52.0 Å². The third-order valence-electron chi connectivity index (χ3n) is 1.99. The van der Waals surface area contributed by atoms with Crippen LogP contribution in [0.1, 0.15) is 0 Å². The first kappa shape index (κ1) is 10.6. The Morgan fingerprint density at radius 1 is 1.27 bits per heavy atom. The van der Waals surface area contributed by atoms with E-state index < -0.39 is 5.82 Å². The second-order valence-corrected chi connectivity index (χ2v) is 4.19. The van der Waals surface area contributed by atoms with Gasteiger partial charge in [0, 0.05) is 11.8 Å². The highest BCUT2D eigenvalue weighted by molar-refractivity contribution is 9.10. The molecule has 1 aromatic carbocycles. The molecule has 2 rings (SSSR count). The van der Waals surface area contributed by atoms with E-state index in [-0.39, 0.29) is 5.02 Å². The normalized spacial score (nSPS) is 10.3. The van der Waals surface area contributed by atoms with Gasteiger partial charge in [-0.15, -0.1) is 0 Å². The number of pyridine rings is 1. The first-order valence-corrected chi connectivity index (χ1v) is 5.41. The molecule has 0 unspecified atom stereocenters. The highest BCUT2D eigenvalue weighted by Gasteiger charge is 2.08. The molecular formula is C11H6BrClFN. The lowest BCUT2D eigenvalue weighted by molar-refractivity contribution is 0.632. The van der Waals surface area contributed by atoms with Gasteiger partial charge in [-0.05, 0) is 39.7 Å². The van der Waals surface area contributed by atoms with Crippen molar-refractivity contribution in [1.82, 2.24) is 4.98 Å². The van der Waals surface area contributed by atoms with E-state index in [1.807, 2.05) is 0 Å². The fourth-order valence-corrected chi connectivity index (χ4v) is 1.84. The minimum atomic E-state index is -0.405. The quantitative estimate of drug-likeness (QED) is 0.712. The van der Waals surface area contributed by atoms with Crippen LogP contribution in [0.5, 0.6) is 0 Å². The molecule has 1 nitrogen and oxygen atoms in total. The van der Waals surface area contributed by atoms with Crippen molar-refractivity contribution >= 4 is 27.5 Å². The summed E-state index contributed by atoms with van der Waals surface area (Å²) < 4.78 is 14.3. The zero-order valence-corrected chi connectivity index (χ0v) is 9.89. The van der Waals surface area contributed by atoms with Crippen LogP contribution in [0.25, 0.3) is 11.1 Å². The smallest absolute Gasteiger partial charge is 0.149 e. The molecule has 0 bridgehead atoms. The summed E-state index contributed by atoms with van der Waals surface area (Å²) in [7, 11) is 0. The maximum Gasteiger partial charge on any atom is 0.149 e. The van der Waals surface area contributed by atoms with Gasteiger partial charge >= 0.3 is 0 Å². The molecule has 4 heteroatoms.